The van der Waals surface area contributed by atoms with Crippen LogP contribution in [0.25, 0.3) is 22.5 Å². The molecule has 3 aromatic rings. The summed E-state index contributed by atoms with van der Waals surface area (Å²) in [5, 5.41) is 4.66. The number of fused-ring (bicyclic) bond motifs is 1. The van der Waals surface area contributed by atoms with Crippen LogP contribution in [-0.2, 0) is 6.54 Å². The number of benzene rings is 1. The number of aromatic nitrogens is 3. The van der Waals surface area contributed by atoms with Crippen LogP contribution in [0.15, 0.2) is 47.8 Å². The first-order valence-electron chi connectivity index (χ1n) is 10.0. The van der Waals surface area contributed by atoms with Crippen molar-refractivity contribution in [1.29, 1.82) is 0 Å². The summed E-state index contributed by atoms with van der Waals surface area (Å²) in [6.07, 6.45) is 8.22. The molecular formula is C22H23FN4S. The van der Waals surface area contributed by atoms with Gasteiger partial charge in [-0.15, -0.1) is 0 Å². The van der Waals surface area contributed by atoms with E-state index in [0.717, 1.165) is 45.8 Å². The van der Waals surface area contributed by atoms with Crippen LogP contribution in [0.1, 0.15) is 32.1 Å². The van der Waals surface area contributed by atoms with Gasteiger partial charge < -0.3 is 9.88 Å². The zero-order valence-corrected chi connectivity index (χ0v) is 16.5. The van der Waals surface area contributed by atoms with Crippen molar-refractivity contribution >= 4 is 17.6 Å². The third-order valence-corrected chi connectivity index (χ3v) is 6.54. The van der Waals surface area contributed by atoms with Crippen molar-refractivity contribution in [3.8, 4) is 22.5 Å². The maximum Gasteiger partial charge on any atom is 0.169 e. The van der Waals surface area contributed by atoms with Gasteiger partial charge in [0.25, 0.3) is 0 Å². The Morgan fingerprint density at radius 1 is 1.04 bits per heavy atom. The second-order valence-electron chi connectivity index (χ2n) is 7.51. The SMILES string of the molecule is Fc1ccc(-c2nc3n(c2-c2ccnc(NC4CCCCC4)c2)CCS3)cc1. The molecule has 0 unspecified atom stereocenters. The van der Waals surface area contributed by atoms with Gasteiger partial charge in [-0.25, -0.2) is 14.4 Å². The molecule has 0 atom stereocenters. The molecule has 2 aliphatic rings. The molecule has 3 heterocycles. The molecule has 1 aromatic carbocycles. The molecule has 2 aromatic heterocycles. The van der Waals surface area contributed by atoms with E-state index in [-0.39, 0.29) is 5.82 Å². The summed E-state index contributed by atoms with van der Waals surface area (Å²) in [5.41, 5.74) is 4.06. The highest BCUT2D eigenvalue weighted by Crippen LogP contribution is 2.39. The van der Waals surface area contributed by atoms with E-state index in [4.69, 9.17) is 4.98 Å². The molecule has 1 saturated carbocycles. The largest absolute Gasteiger partial charge is 0.367 e. The van der Waals surface area contributed by atoms with Crippen LogP contribution in [0, 0.1) is 5.82 Å². The van der Waals surface area contributed by atoms with E-state index in [2.05, 4.69) is 20.9 Å². The number of anilines is 1. The topological polar surface area (TPSA) is 42.7 Å². The van der Waals surface area contributed by atoms with E-state index >= 15 is 0 Å². The van der Waals surface area contributed by atoms with E-state index in [9.17, 15) is 4.39 Å². The average molecular weight is 395 g/mol. The lowest BCUT2D eigenvalue weighted by molar-refractivity contribution is 0.462. The molecule has 1 aliphatic heterocycles. The van der Waals surface area contributed by atoms with Crippen LogP contribution in [0.5, 0.6) is 0 Å². The molecule has 144 valence electrons. The Kier molecular flexibility index (Phi) is 4.81. The number of nitrogens with one attached hydrogen (secondary N) is 1. The third-order valence-electron chi connectivity index (χ3n) is 5.59. The van der Waals surface area contributed by atoms with Gasteiger partial charge in [-0.2, -0.15) is 0 Å². The summed E-state index contributed by atoms with van der Waals surface area (Å²) in [6.45, 7) is 0.942. The summed E-state index contributed by atoms with van der Waals surface area (Å²) in [4.78, 5) is 9.43. The summed E-state index contributed by atoms with van der Waals surface area (Å²) < 4.78 is 15.7. The predicted molar refractivity (Wildman–Crippen MR) is 112 cm³/mol. The number of pyridine rings is 1. The molecule has 4 nitrogen and oxygen atoms in total. The van der Waals surface area contributed by atoms with Crippen LogP contribution >= 0.6 is 11.8 Å². The predicted octanol–water partition coefficient (Wildman–Crippen LogP) is 5.60. The first-order valence-corrected chi connectivity index (χ1v) is 11.0. The van der Waals surface area contributed by atoms with Crippen molar-refractivity contribution in [3.63, 3.8) is 0 Å². The molecule has 1 N–H and O–H groups in total. The molecule has 0 spiro atoms. The second-order valence-corrected chi connectivity index (χ2v) is 8.57. The zero-order chi connectivity index (χ0) is 18.9. The number of halogens is 1. The molecule has 0 saturated heterocycles. The standard InChI is InChI=1S/C22H23FN4S/c23-17-8-6-15(7-9-17)20-21(27-12-13-28-22(27)26-20)16-10-11-24-19(14-16)25-18-4-2-1-3-5-18/h6-11,14,18H,1-5,12-13H2,(H,24,25). The number of thioether (sulfide) groups is 1. The minimum atomic E-state index is -0.227. The minimum absolute atomic E-state index is 0.227. The summed E-state index contributed by atoms with van der Waals surface area (Å²) in [7, 11) is 0. The van der Waals surface area contributed by atoms with Gasteiger partial charge in [-0.05, 0) is 49.2 Å². The number of imidazole rings is 1. The fraction of sp³-hybridized carbons (Fsp3) is 0.364. The Labute approximate surface area is 168 Å². The van der Waals surface area contributed by atoms with Gasteiger partial charge in [-0.1, -0.05) is 31.0 Å². The fourth-order valence-electron chi connectivity index (χ4n) is 4.19. The van der Waals surface area contributed by atoms with Gasteiger partial charge in [-0.3, -0.25) is 0 Å². The number of nitrogens with zero attached hydrogens (tertiary/aromatic N) is 3. The van der Waals surface area contributed by atoms with Gasteiger partial charge in [0, 0.05) is 35.7 Å². The highest BCUT2D eigenvalue weighted by Gasteiger charge is 2.24. The molecule has 1 fully saturated rings. The lowest BCUT2D eigenvalue weighted by Crippen LogP contribution is -2.22. The van der Waals surface area contributed by atoms with E-state index in [1.165, 1.54) is 44.2 Å². The van der Waals surface area contributed by atoms with E-state index in [1.54, 1.807) is 11.8 Å². The highest BCUT2D eigenvalue weighted by molar-refractivity contribution is 7.99. The average Bonchev–Trinajstić information content (AvgIpc) is 3.31. The molecule has 28 heavy (non-hydrogen) atoms. The van der Waals surface area contributed by atoms with Crippen molar-refractivity contribution in [1.82, 2.24) is 14.5 Å². The smallest absolute Gasteiger partial charge is 0.169 e. The van der Waals surface area contributed by atoms with Gasteiger partial charge in [0.15, 0.2) is 5.16 Å². The molecule has 6 heteroatoms. The van der Waals surface area contributed by atoms with Gasteiger partial charge in [0.05, 0.1) is 11.4 Å². The minimum Gasteiger partial charge on any atom is -0.367 e. The molecule has 0 bridgehead atoms. The van der Waals surface area contributed by atoms with Crippen LogP contribution in [0.2, 0.25) is 0 Å². The first kappa shape index (κ1) is 17.7. The van der Waals surface area contributed by atoms with E-state index < -0.39 is 0 Å². The van der Waals surface area contributed by atoms with Crippen molar-refractivity contribution in [3.05, 3.63) is 48.4 Å². The van der Waals surface area contributed by atoms with Crippen LogP contribution in [0.3, 0.4) is 0 Å². The Bertz CT molecular complexity index is 977. The summed E-state index contributed by atoms with van der Waals surface area (Å²) in [5.74, 6) is 1.74. The van der Waals surface area contributed by atoms with Crippen LogP contribution in [-0.4, -0.2) is 26.3 Å². The van der Waals surface area contributed by atoms with Crippen molar-refractivity contribution in [2.75, 3.05) is 11.1 Å². The molecule has 0 amide bonds. The van der Waals surface area contributed by atoms with Crippen molar-refractivity contribution in [2.45, 2.75) is 49.8 Å². The van der Waals surface area contributed by atoms with Crippen LogP contribution in [0.4, 0.5) is 10.2 Å². The quantitative estimate of drug-likeness (QED) is 0.625. The normalized spacial score (nSPS) is 16.9. The zero-order valence-electron chi connectivity index (χ0n) is 15.7. The fourth-order valence-corrected chi connectivity index (χ4v) is 5.14. The lowest BCUT2D eigenvalue weighted by atomic mass is 9.95. The van der Waals surface area contributed by atoms with Gasteiger partial charge in [0.2, 0.25) is 0 Å². The maximum absolute atomic E-state index is 13.4. The Hall–Kier alpha value is -2.34. The monoisotopic (exact) mass is 394 g/mol. The molecule has 0 radical (unpaired) electrons. The number of rotatable bonds is 4. The van der Waals surface area contributed by atoms with E-state index in [1.807, 2.05) is 24.4 Å². The number of hydrogen-bond acceptors (Lipinski definition) is 4. The van der Waals surface area contributed by atoms with Crippen LogP contribution < -0.4 is 5.32 Å². The highest BCUT2D eigenvalue weighted by atomic mass is 32.2. The Balaban J connectivity index is 1.53. The summed E-state index contributed by atoms with van der Waals surface area (Å²) in [6, 6.07) is 11.3. The summed E-state index contributed by atoms with van der Waals surface area (Å²) >= 11 is 1.77. The maximum atomic E-state index is 13.4. The number of hydrogen-bond donors (Lipinski definition) is 1. The van der Waals surface area contributed by atoms with Gasteiger partial charge >= 0.3 is 0 Å². The van der Waals surface area contributed by atoms with Crippen molar-refractivity contribution in [2.24, 2.45) is 0 Å². The lowest BCUT2D eigenvalue weighted by Gasteiger charge is -2.23. The third kappa shape index (κ3) is 3.41. The van der Waals surface area contributed by atoms with Crippen molar-refractivity contribution < 1.29 is 4.39 Å². The molecule has 1 aliphatic carbocycles. The Morgan fingerprint density at radius 3 is 2.68 bits per heavy atom. The molecular weight excluding hydrogens is 371 g/mol. The first-order chi connectivity index (χ1) is 13.8. The molecule has 5 rings (SSSR count). The van der Waals surface area contributed by atoms with Gasteiger partial charge in [0.1, 0.15) is 11.6 Å². The Morgan fingerprint density at radius 2 is 1.86 bits per heavy atom. The van der Waals surface area contributed by atoms with E-state index in [0.29, 0.717) is 6.04 Å². The second kappa shape index (κ2) is 7.59.